The summed E-state index contributed by atoms with van der Waals surface area (Å²) in [6.45, 7) is 4.62. The van der Waals surface area contributed by atoms with Crippen molar-refractivity contribution < 1.29 is 9.32 Å². The molecule has 140 valence electrons. The van der Waals surface area contributed by atoms with Gasteiger partial charge in [-0.15, -0.1) is 0 Å². The summed E-state index contributed by atoms with van der Waals surface area (Å²) in [7, 11) is 0. The van der Waals surface area contributed by atoms with Crippen LogP contribution in [0.5, 0.6) is 0 Å². The first-order valence-electron chi connectivity index (χ1n) is 9.41. The highest BCUT2D eigenvalue weighted by Gasteiger charge is 2.57. The van der Waals surface area contributed by atoms with E-state index in [2.05, 4.69) is 37.2 Å². The van der Waals surface area contributed by atoms with Gasteiger partial charge in [0.2, 0.25) is 0 Å². The van der Waals surface area contributed by atoms with Gasteiger partial charge in [0.15, 0.2) is 0 Å². The summed E-state index contributed by atoms with van der Waals surface area (Å²) >= 11 is 1.67. The minimum absolute atomic E-state index is 0.0524. The Morgan fingerprint density at radius 3 is 3.07 bits per heavy atom. The fourth-order valence-corrected chi connectivity index (χ4v) is 5.02. The van der Waals surface area contributed by atoms with E-state index in [0.717, 1.165) is 43.4 Å². The van der Waals surface area contributed by atoms with Gasteiger partial charge >= 0.3 is 0 Å². The van der Waals surface area contributed by atoms with Crippen LogP contribution in [0.1, 0.15) is 40.9 Å². The Kier molecular flexibility index (Phi) is 4.02. The van der Waals surface area contributed by atoms with Crippen molar-refractivity contribution in [2.75, 3.05) is 13.1 Å². The molecule has 6 nitrogen and oxygen atoms in total. The Bertz CT molecular complexity index is 975. The van der Waals surface area contributed by atoms with Gasteiger partial charge < -0.3 is 14.7 Å². The predicted octanol–water partition coefficient (Wildman–Crippen LogP) is 3.38. The molecule has 0 aromatic carbocycles. The maximum atomic E-state index is 13.5. The fraction of sp³-hybridized carbons (Fsp3) is 0.450. The average Bonchev–Trinajstić information content (AvgIpc) is 3.04. The highest BCUT2D eigenvalue weighted by atomic mass is 32.1. The van der Waals surface area contributed by atoms with Crippen LogP contribution >= 0.6 is 11.3 Å². The van der Waals surface area contributed by atoms with Gasteiger partial charge in [0.1, 0.15) is 0 Å². The lowest BCUT2D eigenvalue weighted by molar-refractivity contribution is 0.0692. The van der Waals surface area contributed by atoms with Crippen LogP contribution in [-0.2, 0) is 6.54 Å². The Morgan fingerprint density at radius 2 is 2.30 bits per heavy atom. The first kappa shape index (κ1) is 16.9. The minimum Gasteiger partial charge on any atom is -0.336 e. The second kappa shape index (κ2) is 6.42. The van der Waals surface area contributed by atoms with Gasteiger partial charge in [-0.3, -0.25) is 4.79 Å². The smallest absolute Gasteiger partial charge is 0.257 e. The van der Waals surface area contributed by atoms with Crippen molar-refractivity contribution in [3.8, 4) is 0 Å². The normalized spacial score (nSPS) is 20.9. The Hall–Kier alpha value is -2.25. The third kappa shape index (κ3) is 2.95. The van der Waals surface area contributed by atoms with Gasteiger partial charge in [-0.1, -0.05) is 5.16 Å². The second-order valence-electron chi connectivity index (χ2n) is 7.74. The summed E-state index contributed by atoms with van der Waals surface area (Å²) in [5.41, 5.74) is 3.34. The van der Waals surface area contributed by atoms with E-state index in [9.17, 15) is 4.79 Å². The summed E-state index contributed by atoms with van der Waals surface area (Å²) in [5.74, 6) is 0.0524. The third-order valence-electron chi connectivity index (χ3n) is 6.07. The van der Waals surface area contributed by atoms with Crippen LogP contribution in [0.4, 0.5) is 0 Å². The van der Waals surface area contributed by atoms with E-state index in [-0.39, 0.29) is 5.91 Å². The standard InChI is InChI=1S/C20H22N4O2S/c1-13-16-8-15(10-22-18(16)26-23-13)19(25)24(11-14-2-7-27-12-14)17-9-20(17)3-5-21-6-4-20/h2,7-8,10,12,17,21H,3-6,9,11H2,1H3. The number of aromatic nitrogens is 2. The molecule has 1 aliphatic heterocycles. The van der Waals surface area contributed by atoms with Crippen molar-refractivity contribution in [3.05, 3.63) is 45.9 Å². The van der Waals surface area contributed by atoms with Crippen molar-refractivity contribution in [2.24, 2.45) is 5.41 Å². The number of nitrogens with zero attached hydrogens (tertiary/aromatic N) is 3. The van der Waals surface area contributed by atoms with E-state index in [4.69, 9.17) is 4.52 Å². The number of hydrogen-bond donors (Lipinski definition) is 1. The molecule has 3 aromatic rings. The van der Waals surface area contributed by atoms with Crippen molar-refractivity contribution in [1.82, 2.24) is 20.4 Å². The van der Waals surface area contributed by atoms with Gasteiger partial charge in [-0.25, -0.2) is 4.98 Å². The molecule has 1 atom stereocenters. The molecule has 2 aliphatic rings. The van der Waals surface area contributed by atoms with Gasteiger partial charge in [0.25, 0.3) is 11.6 Å². The van der Waals surface area contributed by atoms with Crippen molar-refractivity contribution in [3.63, 3.8) is 0 Å². The van der Waals surface area contributed by atoms with Crippen LogP contribution in [0.25, 0.3) is 11.1 Å². The molecule has 5 rings (SSSR count). The number of carbonyl (C=O) groups is 1. The van der Waals surface area contributed by atoms with Crippen LogP contribution in [-0.4, -0.2) is 40.1 Å². The summed E-state index contributed by atoms with van der Waals surface area (Å²) < 4.78 is 5.19. The fourth-order valence-electron chi connectivity index (χ4n) is 4.36. The van der Waals surface area contributed by atoms with E-state index in [1.54, 1.807) is 17.5 Å². The number of nitrogens with one attached hydrogen (secondary N) is 1. The molecular weight excluding hydrogens is 360 g/mol. The molecule has 1 spiro atoms. The lowest BCUT2D eigenvalue weighted by Gasteiger charge is -2.29. The van der Waals surface area contributed by atoms with Crippen LogP contribution in [0.2, 0.25) is 0 Å². The number of pyridine rings is 1. The summed E-state index contributed by atoms with van der Waals surface area (Å²) in [5, 5.41) is 12.4. The zero-order valence-corrected chi connectivity index (χ0v) is 16.1. The zero-order valence-electron chi connectivity index (χ0n) is 15.3. The quantitative estimate of drug-likeness (QED) is 0.749. The second-order valence-corrected chi connectivity index (χ2v) is 8.52. The van der Waals surface area contributed by atoms with E-state index in [1.807, 2.05) is 13.0 Å². The number of piperidine rings is 1. The monoisotopic (exact) mass is 382 g/mol. The number of thiophene rings is 1. The Balaban J connectivity index is 1.47. The SMILES string of the molecule is Cc1noc2ncc(C(=O)N(Cc3ccsc3)C3CC34CCNCC4)cc12. The van der Waals surface area contributed by atoms with Gasteiger partial charge in [0.05, 0.1) is 16.6 Å². The van der Waals surface area contributed by atoms with Gasteiger partial charge in [0, 0.05) is 18.8 Å². The molecule has 4 heterocycles. The summed E-state index contributed by atoms with van der Waals surface area (Å²) in [6.07, 6.45) is 5.01. The minimum atomic E-state index is 0.0524. The molecular formula is C20H22N4O2S. The molecule has 0 radical (unpaired) electrons. The number of amides is 1. The van der Waals surface area contributed by atoms with Crippen LogP contribution in [0.3, 0.4) is 0 Å². The molecule has 1 aliphatic carbocycles. The highest BCUT2D eigenvalue weighted by molar-refractivity contribution is 7.07. The summed E-state index contributed by atoms with van der Waals surface area (Å²) in [6, 6.07) is 4.29. The molecule has 27 heavy (non-hydrogen) atoms. The number of carbonyl (C=O) groups excluding carboxylic acids is 1. The lowest BCUT2D eigenvalue weighted by Crippen LogP contribution is -2.39. The van der Waals surface area contributed by atoms with E-state index < -0.39 is 0 Å². The number of fused-ring (bicyclic) bond motifs is 1. The maximum Gasteiger partial charge on any atom is 0.257 e. The Morgan fingerprint density at radius 1 is 1.44 bits per heavy atom. The summed E-state index contributed by atoms with van der Waals surface area (Å²) in [4.78, 5) is 19.8. The molecule has 1 saturated carbocycles. The maximum absolute atomic E-state index is 13.5. The predicted molar refractivity (Wildman–Crippen MR) is 104 cm³/mol. The first-order chi connectivity index (χ1) is 13.2. The van der Waals surface area contributed by atoms with Crippen molar-refractivity contribution in [1.29, 1.82) is 0 Å². The topological polar surface area (TPSA) is 71.3 Å². The van der Waals surface area contributed by atoms with E-state index in [1.165, 1.54) is 5.56 Å². The molecule has 1 saturated heterocycles. The molecule has 7 heteroatoms. The van der Waals surface area contributed by atoms with E-state index in [0.29, 0.717) is 29.3 Å². The Labute approximate surface area is 161 Å². The first-order valence-corrected chi connectivity index (χ1v) is 10.4. The van der Waals surface area contributed by atoms with Crippen molar-refractivity contribution in [2.45, 2.75) is 38.8 Å². The largest absolute Gasteiger partial charge is 0.336 e. The number of hydrogen-bond acceptors (Lipinski definition) is 6. The molecule has 3 aromatic heterocycles. The zero-order chi connectivity index (χ0) is 18.4. The average molecular weight is 382 g/mol. The van der Waals surface area contributed by atoms with Crippen LogP contribution in [0.15, 0.2) is 33.6 Å². The van der Waals surface area contributed by atoms with Gasteiger partial charge in [-0.2, -0.15) is 11.3 Å². The van der Waals surface area contributed by atoms with Gasteiger partial charge in [-0.05, 0) is 73.1 Å². The lowest BCUT2D eigenvalue weighted by atomic mass is 9.93. The van der Waals surface area contributed by atoms with Crippen LogP contribution < -0.4 is 5.32 Å². The highest BCUT2D eigenvalue weighted by Crippen LogP contribution is 2.56. The number of rotatable bonds is 4. The van der Waals surface area contributed by atoms with Crippen molar-refractivity contribution >= 4 is 28.3 Å². The molecule has 1 N–H and O–H groups in total. The van der Waals surface area contributed by atoms with E-state index >= 15 is 0 Å². The van der Waals surface area contributed by atoms with Crippen LogP contribution in [0, 0.1) is 12.3 Å². The molecule has 2 fully saturated rings. The molecule has 0 bridgehead atoms. The molecule has 1 unspecified atom stereocenters. The third-order valence-corrected chi connectivity index (χ3v) is 6.81. The molecule has 1 amide bonds. The number of aryl methyl sites for hydroxylation is 1.